The van der Waals surface area contributed by atoms with Gasteiger partial charge in [0.15, 0.2) is 0 Å². The summed E-state index contributed by atoms with van der Waals surface area (Å²) >= 11 is 7.56. The number of carbonyl (C=O) groups excluding carboxylic acids is 1. The highest BCUT2D eigenvalue weighted by molar-refractivity contribution is 7.98. The molecule has 0 aliphatic heterocycles. The molecule has 0 saturated carbocycles. The largest absolute Gasteiger partial charge is 0.321 e. The summed E-state index contributed by atoms with van der Waals surface area (Å²) in [5, 5.41) is 5.20. The Morgan fingerprint density at radius 2 is 2.04 bits per heavy atom. The lowest BCUT2D eigenvalue weighted by atomic mass is 10.1. The molecule has 0 atom stereocenters. The van der Waals surface area contributed by atoms with Crippen molar-refractivity contribution in [3.05, 3.63) is 58.9 Å². The first-order valence-electron chi connectivity index (χ1n) is 6.95. The van der Waals surface area contributed by atoms with Gasteiger partial charge in [0.25, 0.3) is 5.91 Å². The molecular weight excluding hydrogens is 330 g/mol. The van der Waals surface area contributed by atoms with E-state index in [4.69, 9.17) is 11.6 Å². The summed E-state index contributed by atoms with van der Waals surface area (Å²) < 4.78 is 0. The number of fused-ring (bicyclic) bond motifs is 1. The van der Waals surface area contributed by atoms with Gasteiger partial charge in [-0.05, 0) is 49.6 Å². The number of carbonyl (C=O) groups is 1. The molecule has 6 heteroatoms. The van der Waals surface area contributed by atoms with Gasteiger partial charge in [-0.3, -0.25) is 9.78 Å². The first-order valence-corrected chi connectivity index (χ1v) is 8.55. The van der Waals surface area contributed by atoms with Gasteiger partial charge < -0.3 is 5.32 Å². The Kier molecular flexibility index (Phi) is 4.50. The van der Waals surface area contributed by atoms with Gasteiger partial charge in [-0.2, -0.15) is 0 Å². The van der Waals surface area contributed by atoms with Crippen molar-refractivity contribution in [3.63, 3.8) is 0 Å². The van der Waals surface area contributed by atoms with Crippen molar-refractivity contribution < 1.29 is 4.79 Å². The second kappa shape index (κ2) is 6.56. The van der Waals surface area contributed by atoms with Crippen LogP contribution >= 0.6 is 23.4 Å². The molecule has 3 aromatic rings. The fraction of sp³-hybridized carbons (Fsp3) is 0.118. The van der Waals surface area contributed by atoms with E-state index in [1.54, 1.807) is 30.1 Å². The zero-order chi connectivity index (χ0) is 16.4. The van der Waals surface area contributed by atoms with Crippen molar-refractivity contribution in [1.29, 1.82) is 0 Å². The molecular formula is C17H14ClN3OS. The molecule has 0 aliphatic carbocycles. The van der Waals surface area contributed by atoms with Crippen LogP contribution in [0.2, 0.25) is 5.02 Å². The summed E-state index contributed by atoms with van der Waals surface area (Å²) in [5.41, 5.74) is 2.66. The average molecular weight is 344 g/mol. The van der Waals surface area contributed by atoms with Crippen LogP contribution in [0, 0.1) is 6.92 Å². The molecule has 2 aromatic heterocycles. The van der Waals surface area contributed by atoms with E-state index in [0.717, 1.165) is 15.9 Å². The predicted octanol–water partition coefficient (Wildman–Crippen LogP) is 4.57. The first kappa shape index (κ1) is 15.8. The van der Waals surface area contributed by atoms with E-state index in [-0.39, 0.29) is 5.91 Å². The highest BCUT2D eigenvalue weighted by Crippen LogP contribution is 2.22. The van der Waals surface area contributed by atoms with E-state index < -0.39 is 0 Å². The van der Waals surface area contributed by atoms with E-state index in [1.807, 2.05) is 37.4 Å². The third kappa shape index (κ3) is 3.46. The lowest BCUT2D eigenvalue weighted by Crippen LogP contribution is -2.14. The Balaban J connectivity index is 1.91. The minimum atomic E-state index is -0.212. The van der Waals surface area contributed by atoms with Crippen LogP contribution in [0.3, 0.4) is 0 Å². The minimum Gasteiger partial charge on any atom is -0.321 e. The second-order valence-electron chi connectivity index (χ2n) is 5.00. The molecule has 0 bridgehead atoms. The maximum absolute atomic E-state index is 12.5. The number of hydrogen-bond donors (Lipinski definition) is 1. The summed E-state index contributed by atoms with van der Waals surface area (Å²) in [4.78, 5) is 21.2. The molecule has 4 nitrogen and oxygen atoms in total. The standard InChI is InChI=1S/C17H14ClN3OS/c1-10-14(8-11-7-12(18)3-5-15(11)20-10)17(22)21-13-4-6-16(23-2)19-9-13/h3-9H,1-2H3,(H,21,22). The van der Waals surface area contributed by atoms with Crippen LogP contribution in [0.25, 0.3) is 10.9 Å². The topological polar surface area (TPSA) is 54.9 Å². The quantitative estimate of drug-likeness (QED) is 0.708. The van der Waals surface area contributed by atoms with E-state index in [0.29, 0.717) is 22.0 Å². The van der Waals surface area contributed by atoms with Crippen LogP contribution in [0.15, 0.2) is 47.6 Å². The second-order valence-corrected chi connectivity index (χ2v) is 6.26. The van der Waals surface area contributed by atoms with Crippen molar-refractivity contribution in [2.24, 2.45) is 0 Å². The maximum Gasteiger partial charge on any atom is 0.257 e. The third-order valence-electron chi connectivity index (χ3n) is 3.42. The third-order valence-corrected chi connectivity index (χ3v) is 4.31. The number of thioether (sulfide) groups is 1. The van der Waals surface area contributed by atoms with Gasteiger partial charge in [0.1, 0.15) is 0 Å². The van der Waals surface area contributed by atoms with Gasteiger partial charge in [-0.1, -0.05) is 11.6 Å². The molecule has 0 unspecified atom stereocenters. The molecule has 0 spiro atoms. The Morgan fingerprint density at radius 3 is 2.74 bits per heavy atom. The zero-order valence-electron chi connectivity index (χ0n) is 12.6. The van der Waals surface area contributed by atoms with Crippen molar-refractivity contribution in [2.45, 2.75) is 11.9 Å². The van der Waals surface area contributed by atoms with E-state index in [9.17, 15) is 4.79 Å². The highest BCUT2D eigenvalue weighted by Gasteiger charge is 2.12. The number of rotatable bonds is 3. The van der Waals surface area contributed by atoms with Gasteiger partial charge in [0.05, 0.1) is 33.7 Å². The lowest BCUT2D eigenvalue weighted by molar-refractivity contribution is 0.102. The molecule has 1 N–H and O–H groups in total. The molecule has 3 rings (SSSR count). The Labute approximate surface area is 143 Å². The van der Waals surface area contributed by atoms with Gasteiger partial charge in [0, 0.05) is 10.4 Å². The Bertz CT molecular complexity index is 881. The normalized spacial score (nSPS) is 10.7. The number of amides is 1. The van der Waals surface area contributed by atoms with Crippen molar-refractivity contribution in [1.82, 2.24) is 9.97 Å². The van der Waals surface area contributed by atoms with E-state index in [2.05, 4.69) is 15.3 Å². The van der Waals surface area contributed by atoms with Gasteiger partial charge in [0.2, 0.25) is 0 Å². The SMILES string of the molecule is CSc1ccc(NC(=O)c2cc3cc(Cl)ccc3nc2C)cn1. The molecule has 23 heavy (non-hydrogen) atoms. The smallest absolute Gasteiger partial charge is 0.257 e. The van der Waals surface area contributed by atoms with Crippen LogP contribution in [0.1, 0.15) is 16.1 Å². The molecule has 116 valence electrons. The van der Waals surface area contributed by atoms with Crippen molar-refractivity contribution in [3.8, 4) is 0 Å². The summed E-state index contributed by atoms with van der Waals surface area (Å²) in [6.45, 7) is 1.82. The summed E-state index contributed by atoms with van der Waals surface area (Å²) in [7, 11) is 0. The van der Waals surface area contributed by atoms with Crippen LogP contribution in [0.4, 0.5) is 5.69 Å². The van der Waals surface area contributed by atoms with Crippen LogP contribution < -0.4 is 5.32 Å². The van der Waals surface area contributed by atoms with Crippen molar-refractivity contribution in [2.75, 3.05) is 11.6 Å². The number of aryl methyl sites for hydroxylation is 1. The molecule has 2 heterocycles. The van der Waals surface area contributed by atoms with E-state index >= 15 is 0 Å². The zero-order valence-corrected chi connectivity index (χ0v) is 14.2. The number of nitrogens with zero attached hydrogens (tertiary/aromatic N) is 2. The van der Waals surface area contributed by atoms with Crippen LogP contribution in [-0.4, -0.2) is 22.1 Å². The first-order chi connectivity index (χ1) is 11.1. The summed E-state index contributed by atoms with van der Waals surface area (Å²) in [6, 6.07) is 10.9. The van der Waals surface area contributed by atoms with E-state index in [1.165, 1.54) is 0 Å². The number of hydrogen-bond acceptors (Lipinski definition) is 4. The van der Waals surface area contributed by atoms with Crippen LogP contribution in [0.5, 0.6) is 0 Å². The van der Waals surface area contributed by atoms with Gasteiger partial charge >= 0.3 is 0 Å². The summed E-state index contributed by atoms with van der Waals surface area (Å²) in [6.07, 6.45) is 3.60. The fourth-order valence-electron chi connectivity index (χ4n) is 2.25. The molecule has 0 saturated heterocycles. The maximum atomic E-state index is 12.5. The number of benzene rings is 1. The molecule has 0 radical (unpaired) electrons. The molecule has 1 amide bonds. The summed E-state index contributed by atoms with van der Waals surface area (Å²) in [5.74, 6) is -0.212. The van der Waals surface area contributed by atoms with Gasteiger partial charge in [-0.15, -0.1) is 11.8 Å². The fourth-order valence-corrected chi connectivity index (χ4v) is 2.79. The number of halogens is 1. The van der Waals surface area contributed by atoms with Gasteiger partial charge in [-0.25, -0.2) is 4.98 Å². The monoisotopic (exact) mass is 343 g/mol. The number of nitrogens with one attached hydrogen (secondary N) is 1. The lowest BCUT2D eigenvalue weighted by Gasteiger charge is -2.09. The van der Waals surface area contributed by atoms with Crippen molar-refractivity contribution >= 4 is 45.9 Å². The highest BCUT2D eigenvalue weighted by atomic mass is 35.5. The molecule has 1 aromatic carbocycles. The Morgan fingerprint density at radius 1 is 1.22 bits per heavy atom. The Hall–Kier alpha value is -2.11. The van der Waals surface area contributed by atoms with Crippen LogP contribution in [-0.2, 0) is 0 Å². The molecule has 0 fully saturated rings. The average Bonchev–Trinajstić information content (AvgIpc) is 2.55. The number of pyridine rings is 2. The predicted molar refractivity (Wildman–Crippen MR) is 95.5 cm³/mol. The number of aromatic nitrogens is 2. The minimum absolute atomic E-state index is 0.212. The number of anilines is 1. The molecule has 0 aliphatic rings.